The van der Waals surface area contributed by atoms with Gasteiger partial charge in [0.25, 0.3) is 0 Å². The zero-order valence-electron chi connectivity index (χ0n) is 16.2. The van der Waals surface area contributed by atoms with Crippen molar-refractivity contribution in [1.29, 1.82) is 0 Å². The quantitative estimate of drug-likeness (QED) is 0.662. The van der Waals surface area contributed by atoms with E-state index in [9.17, 15) is 20.2 Å². The molecule has 0 aromatic heterocycles. The summed E-state index contributed by atoms with van der Waals surface area (Å²) in [5.41, 5.74) is 4.86. The molecule has 1 spiro atoms. The van der Waals surface area contributed by atoms with Crippen molar-refractivity contribution >= 4 is 0 Å². The molecule has 0 saturated carbocycles. The number of hydrogen-bond donors (Lipinski definition) is 3. The minimum atomic E-state index is -1.63. The number of fused-ring (bicyclic) bond motifs is 2. The van der Waals surface area contributed by atoms with Gasteiger partial charge in [0.1, 0.15) is 31.0 Å². The maximum Gasteiger partial charge on any atom is 0.225 e. The molecule has 0 amide bonds. The molecule has 2 aliphatic rings. The third-order valence-electron chi connectivity index (χ3n) is 5.86. The highest BCUT2D eigenvalue weighted by atomic mass is 16.7. The van der Waals surface area contributed by atoms with E-state index >= 15 is 0 Å². The fourth-order valence-electron chi connectivity index (χ4n) is 4.13. The molecule has 5 atom stereocenters. The predicted molar refractivity (Wildman–Crippen MR) is 105 cm³/mol. The summed E-state index contributed by atoms with van der Waals surface area (Å²) in [7, 11) is 0. The highest BCUT2D eigenvalue weighted by Crippen LogP contribution is 2.46. The molecule has 4 rings (SSSR count). The van der Waals surface area contributed by atoms with E-state index in [1.165, 1.54) is 5.56 Å². The molecule has 0 bridgehead atoms. The first-order chi connectivity index (χ1) is 14.0. The van der Waals surface area contributed by atoms with Crippen LogP contribution in [0.2, 0.25) is 0 Å². The number of rotatable bonds is 5. The van der Waals surface area contributed by atoms with Crippen LogP contribution in [0.15, 0.2) is 47.6 Å². The van der Waals surface area contributed by atoms with E-state index in [1.54, 1.807) is 0 Å². The normalized spacial score (nSPS) is 31.0. The van der Waals surface area contributed by atoms with Crippen molar-refractivity contribution in [2.75, 3.05) is 6.54 Å². The van der Waals surface area contributed by atoms with Gasteiger partial charge >= 0.3 is 0 Å². The molecule has 1 fully saturated rings. The van der Waals surface area contributed by atoms with Gasteiger partial charge in [-0.1, -0.05) is 48.5 Å². The van der Waals surface area contributed by atoms with E-state index in [-0.39, 0.29) is 13.2 Å². The maximum atomic E-state index is 10.7. The number of aryl methyl sites for hydroxylation is 1. The predicted octanol–water partition coefficient (Wildman–Crippen LogP) is 1.77. The molecule has 0 radical (unpaired) electrons. The van der Waals surface area contributed by atoms with E-state index in [0.717, 1.165) is 23.1 Å². The monoisotopic (exact) mass is 399 g/mol. The lowest BCUT2D eigenvalue weighted by Gasteiger charge is -2.46. The van der Waals surface area contributed by atoms with Crippen molar-refractivity contribution < 1.29 is 24.8 Å². The second kappa shape index (κ2) is 7.93. The summed E-state index contributed by atoms with van der Waals surface area (Å²) in [6.07, 6.45) is -3.84. The van der Waals surface area contributed by atoms with E-state index in [0.29, 0.717) is 12.0 Å². The van der Waals surface area contributed by atoms with Crippen LogP contribution < -0.4 is 0 Å². The van der Waals surface area contributed by atoms with E-state index < -0.39 is 30.2 Å². The second-order valence-corrected chi connectivity index (χ2v) is 7.69. The molecule has 2 aliphatic heterocycles. The number of ether oxygens (including phenoxy) is 2. The van der Waals surface area contributed by atoms with Gasteiger partial charge < -0.3 is 24.8 Å². The molecule has 2 aromatic rings. The first kappa shape index (κ1) is 20.1. The summed E-state index contributed by atoms with van der Waals surface area (Å²) in [6, 6.07) is 14.2. The van der Waals surface area contributed by atoms with Crippen molar-refractivity contribution in [1.82, 2.24) is 0 Å². The third-order valence-corrected chi connectivity index (χ3v) is 5.86. The van der Waals surface area contributed by atoms with Gasteiger partial charge in [-0.05, 0) is 41.2 Å². The molecule has 154 valence electrons. The van der Waals surface area contributed by atoms with Crippen molar-refractivity contribution in [3.8, 4) is 0 Å². The van der Waals surface area contributed by atoms with E-state index in [1.807, 2.05) is 18.2 Å². The van der Waals surface area contributed by atoms with Gasteiger partial charge in [0.2, 0.25) is 5.79 Å². The zero-order valence-corrected chi connectivity index (χ0v) is 16.2. The van der Waals surface area contributed by atoms with Crippen LogP contribution in [-0.4, -0.2) is 46.3 Å². The summed E-state index contributed by atoms with van der Waals surface area (Å²) in [5.74, 6) is -1.63. The summed E-state index contributed by atoms with van der Waals surface area (Å²) in [4.78, 5) is 10.7. The van der Waals surface area contributed by atoms with Gasteiger partial charge in [0, 0.05) is 5.56 Å². The first-order valence-corrected chi connectivity index (χ1v) is 9.83. The number of benzene rings is 2. The molecule has 1 saturated heterocycles. The Labute approximate surface area is 168 Å². The smallest absolute Gasteiger partial charge is 0.225 e. The van der Waals surface area contributed by atoms with Crippen molar-refractivity contribution in [2.45, 2.75) is 56.6 Å². The number of nitroso groups, excluding NO2 is 1. The van der Waals surface area contributed by atoms with Gasteiger partial charge in [-0.2, -0.15) is 4.91 Å². The molecule has 7 nitrogen and oxygen atoms in total. The summed E-state index contributed by atoms with van der Waals surface area (Å²) < 4.78 is 11.7. The molecule has 29 heavy (non-hydrogen) atoms. The Hall–Kier alpha value is -2.16. The highest BCUT2D eigenvalue weighted by molar-refractivity contribution is 5.41. The van der Waals surface area contributed by atoms with Crippen LogP contribution in [0.1, 0.15) is 34.7 Å². The van der Waals surface area contributed by atoms with Crippen LogP contribution in [0.5, 0.6) is 0 Å². The number of hydrogen-bond acceptors (Lipinski definition) is 7. The largest absolute Gasteiger partial charge is 0.388 e. The lowest BCUT2D eigenvalue weighted by atomic mass is 9.86. The Balaban J connectivity index is 1.66. The van der Waals surface area contributed by atoms with Crippen LogP contribution in [0.25, 0.3) is 0 Å². The minimum absolute atomic E-state index is 0.196. The van der Waals surface area contributed by atoms with Gasteiger partial charge in [0.05, 0.1) is 6.61 Å². The molecule has 7 heteroatoms. The Bertz CT molecular complexity index is 885. The van der Waals surface area contributed by atoms with Gasteiger partial charge in [-0.25, -0.2) is 0 Å². The van der Waals surface area contributed by atoms with Crippen LogP contribution in [-0.2, 0) is 34.7 Å². The van der Waals surface area contributed by atoms with Gasteiger partial charge in [0.15, 0.2) is 0 Å². The van der Waals surface area contributed by atoms with Gasteiger partial charge in [-0.15, -0.1) is 0 Å². The SMILES string of the molecule is CCc1ccc(Cc2ccc3c(c2)C2(OC3)OC(CN=O)C(O)C(O)C2O)cc1. The lowest BCUT2D eigenvalue weighted by Crippen LogP contribution is -2.63. The van der Waals surface area contributed by atoms with E-state index in [2.05, 4.69) is 36.4 Å². The van der Waals surface area contributed by atoms with Crippen molar-refractivity contribution in [3.05, 3.63) is 75.2 Å². The average molecular weight is 399 g/mol. The fourth-order valence-corrected chi connectivity index (χ4v) is 4.13. The minimum Gasteiger partial charge on any atom is -0.388 e. The van der Waals surface area contributed by atoms with Crippen LogP contribution in [0.3, 0.4) is 0 Å². The number of nitrogens with zero attached hydrogens (tertiary/aromatic N) is 1. The molecule has 0 aliphatic carbocycles. The topological polar surface area (TPSA) is 109 Å². The van der Waals surface area contributed by atoms with Crippen LogP contribution in [0.4, 0.5) is 0 Å². The second-order valence-electron chi connectivity index (χ2n) is 7.69. The highest BCUT2D eigenvalue weighted by Gasteiger charge is 2.58. The number of aliphatic hydroxyl groups is 3. The lowest BCUT2D eigenvalue weighted by molar-refractivity contribution is -0.363. The van der Waals surface area contributed by atoms with Crippen LogP contribution in [0, 0.1) is 4.91 Å². The number of aliphatic hydroxyl groups excluding tert-OH is 3. The van der Waals surface area contributed by atoms with Gasteiger partial charge in [-0.3, -0.25) is 0 Å². The fraction of sp³-hybridized carbons (Fsp3) is 0.455. The first-order valence-electron chi connectivity index (χ1n) is 9.83. The standard InChI is InChI=1S/C22H25NO6/c1-2-13-3-5-14(6-4-13)9-15-7-8-16-12-28-22(17(16)10-15)21(26)20(25)19(24)18(29-22)11-23-27/h3-8,10,18-21,24-26H,2,9,11-12H2,1H3. The Morgan fingerprint density at radius 1 is 1.03 bits per heavy atom. The Morgan fingerprint density at radius 3 is 2.41 bits per heavy atom. The maximum absolute atomic E-state index is 10.7. The molecule has 2 aromatic carbocycles. The van der Waals surface area contributed by atoms with Crippen molar-refractivity contribution in [3.63, 3.8) is 0 Å². The summed E-state index contributed by atoms with van der Waals surface area (Å²) >= 11 is 0. The van der Waals surface area contributed by atoms with E-state index in [4.69, 9.17) is 9.47 Å². The average Bonchev–Trinajstić information content (AvgIpc) is 3.10. The van der Waals surface area contributed by atoms with Crippen molar-refractivity contribution in [2.24, 2.45) is 5.18 Å². The van der Waals surface area contributed by atoms with Crippen LogP contribution >= 0.6 is 0 Å². The molecule has 3 N–H and O–H groups in total. The summed E-state index contributed by atoms with van der Waals surface area (Å²) in [6.45, 7) is 1.96. The summed E-state index contributed by atoms with van der Waals surface area (Å²) in [5, 5.41) is 34.0. The molecule has 5 unspecified atom stereocenters. The molecular weight excluding hydrogens is 374 g/mol. The Morgan fingerprint density at radius 2 is 1.72 bits per heavy atom. The third kappa shape index (κ3) is 3.49. The molecular formula is C22H25NO6. The molecule has 2 heterocycles. The Kier molecular flexibility index (Phi) is 5.50. The zero-order chi connectivity index (χ0) is 20.6.